The van der Waals surface area contributed by atoms with E-state index in [9.17, 15) is 9.59 Å². The third kappa shape index (κ3) is 6.32. The molecular weight excluding hydrogens is 302 g/mol. The topological polar surface area (TPSA) is 74.8 Å². The maximum atomic E-state index is 11.9. The van der Waals surface area contributed by atoms with E-state index in [1.54, 1.807) is 0 Å². The molecule has 0 saturated carbocycles. The van der Waals surface area contributed by atoms with Crippen molar-refractivity contribution < 1.29 is 14.9 Å². The Morgan fingerprint density at radius 1 is 1.04 bits per heavy atom. The average Bonchev–Trinajstić information content (AvgIpc) is 2.54. The first-order chi connectivity index (χ1) is 11.4. The second kappa shape index (κ2) is 10.1. The lowest BCUT2D eigenvalue weighted by molar-refractivity contribution is -0.692. The Morgan fingerprint density at radius 3 is 2.12 bits per heavy atom. The molecule has 0 aliphatic heterocycles. The Balaban J connectivity index is 2.67. The molecule has 3 amide bonds. The van der Waals surface area contributed by atoms with Crippen LogP contribution in [0.5, 0.6) is 0 Å². The van der Waals surface area contributed by atoms with Crippen LogP contribution in [0.4, 0.5) is 4.79 Å². The molecule has 0 aliphatic carbocycles. The number of hydrogen-bond donors (Lipinski definition) is 3. The van der Waals surface area contributed by atoms with Gasteiger partial charge in [-0.3, -0.25) is 10.1 Å². The van der Waals surface area contributed by atoms with Crippen LogP contribution >= 0.6 is 0 Å². The van der Waals surface area contributed by atoms with Gasteiger partial charge in [0.1, 0.15) is 6.04 Å². The molecule has 4 N–H and O–H groups in total. The summed E-state index contributed by atoms with van der Waals surface area (Å²) in [5.41, 5.74) is 2.56. The molecule has 5 heteroatoms. The Hall–Kier alpha value is -1.88. The second-order valence-electron chi connectivity index (χ2n) is 6.59. The summed E-state index contributed by atoms with van der Waals surface area (Å²) in [4.78, 5) is 23.2. The van der Waals surface area contributed by atoms with Crippen molar-refractivity contribution in [3.63, 3.8) is 0 Å². The zero-order valence-corrected chi connectivity index (χ0v) is 15.6. The molecule has 2 atom stereocenters. The lowest BCUT2D eigenvalue weighted by Gasteiger charge is -2.20. The van der Waals surface area contributed by atoms with E-state index in [4.69, 9.17) is 0 Å². The van der Waals surface area contributed by atoms with Crippen LogP contribution in [0.25, 0.3) is 0 Å². The molecule has 134 valence electrons. The second-order valence-corrected chi connectivity index (χ2v) is 6.59. The Labute approximate surface area is 145 Å². The number of benzene rings is 1. The van der Waals surface area contributed by atoms with Gasteiger partial charge in [0.2, 0.25) is 0 Å². The number of nitrogens with two attached hydrogens (primary N) is 1. The summed E-state index contributed by atoms with van der Waals surface area (Å²) in [6.07, 6.45) is 1.12. The van der Waals surface area contributed by atoms with Crippen molar-refractivity contribution in [1.82, 2.24) is 10.6 Å². The van der Waals surface area contributed by atoms with Gasteiger partial charge in [-0.25, -0.2) is 4.79 Å². The van der Waals surface area contributed by atoms with Gasteiger partial charge < -0.3 is 10.6 Å². The molecule has 0 fully saturated rings. The maximum absolute atomic E-state index is 11.9. The van der Waals surface area contributed by atoms with Crippen LogP contribution in [0.15, 0.2) is 24.3 Å². The van der Waals surface area contributed by atoms with Gasteiger partial charge in [-0.1, -0.05) is 52.0 Å². The first-order valence-electron chi connectivity index (χ1n) is 8.89. The summed E-state index contributed by atoms with van der Waals surface area (Å²) < 4.78 is 0. The van der Waals surface area contributed by atoms with Crippen LogP contribution in [0.3, 0.4) is 0 Å². The van der Waals surface area contributed by atoms with Crippen LogP contribution in [0, 0.1) is 5.92 Å². The van der Waals surface area contributed by atoms with Crippen LogP contribution < -0.4 is 16.0 Å². The summed E-state index contributed by atoms with van der Waals surface area (Å²) in [7, 11) is 0. The van der Waals surface area contributed by atoms with E-state index in [-0.39, 0.29) is 18.5 Å². The van der Waals surface area contributed by atoms with Gasteiger partial charge in [0.15, 0.2) is 6.54 Å². The van der Waals surface area contributed by atoms with E-state index in [1.807, 2.05) is 12.2 Å². The fourth-order valence-corrected chi connectivity index (χ4v) is 2.69. The minimum atomic E-state index is -0.435. The lowest BCUT2D eigenvalue weighted by Crippen LogP contribution is -2.88. The minimum Gasteiger partial charge on any atom is -0.338 e. The van der Waals surface area contributed by atoms with Crippen LogP contribution in [0.1, 0.15) is 64.1 Å². The quantitative estimate of drug-likeness (QED) is 0.682. The van der Waals surface area contributed by atoms with Crippen molar-refractivity contribution in [3.8, 4) is 0 Å². The zero-order valence-electron chi connectivity index (χ0n) is 15.6. The van der Waals surface area contributed by atoms with Crippen molar-refractivity contribution in [2.75, 3.05) is 13.1 Å². The van der Waals surface area contributed by atoms with E-state index in [1.165, 1.54) is 11.1 Å². The highest BCUT2D eigenvalue weighted by Crippen LogP contribution is 2.22. The van der Waals surface area contributed by atoms with E-state index in [0.29, 0.717) is 18.4 Å². The van der Waals surface area contributed by atoms with Crippen molar-refractivity contribution in [2.24, 2.45) is 5.92 Å². The number of quaternary nitrogens is 1. The normalized spacial score (nSPS) is 13.4. The fraction of sp³-hybridized carbons (Fsp3) is 0.579. The highest BCUT2D eigenvalue weighted by molar-refractivity contribution is 5.94. The molecule has 5 nitrogen and oxygen atoms in total. The monoisotopic (exact) mass is 334 g/mol. The van der Waals surface area contributed by atoms with E-state index in [0.717, 1.165) is 6.42 Å². The predicted molar refractivity (Wildman–Crippen MR) is 96.7 cm³/mol. The number of urea groups is 1. The average molecular weight is 334 g/mol. The van der Waals surface area contributed by atoms with Crippen molar-refractivity contribution in [2.45, 2.75) is 53.0 Å². The third-order valence-electron chi connectivity index (χ3n) is 4.37. The molecule has 1 rings (SSSR count). The minimum absolute atomic E-state index is 0.191. The van der Waals surface area contributed by atoms with E-state index < -0.39 is 6.03 Å². The molecule has 0 aromatic heterocycles. The standard InChI is InChI=1S/C19H31N3O2/c1-6-14(5)15-8-10-16(11-9-15)18(13(3)4)21-12-17(23)22-19(24)20-7-2/h8-11,13-14,18,21H,6-7,12H2,1-5H3,(H2,20,22,23,24)/p+1/t14-,18-/m1/s1. The highest BCUT2D eigenvalue weighted by Gasteiger charge is 2.21. The first-order valence-corrected chi connectivity index (χ1v) is 8.89. The molecule has 1 aromatic rings. The van der Waals surface area contributed by atoms with Gasteiger partial charge in [-0.2, -0.15) is 0 Å². The molecule has 0 saturated heterocycles. The smallest absolute Gasteiger partial charge is 0.321 e. The molecule has 24 heavy (non-hydrogen) atoms. The third-order valence-corrected chi connectivity index (χ3v) is 4.37. The van der Waals surface area contributed by atoms with Crippen LogP contribution in [0.2, 0.25) is 0 Å². The van der Waals surface area contributed by atoms with E-state index in [2.05, 4.69) is 62.6 Å². The van der Waals surface area contributed by atoms with Crippen LogP contribution in [-0.4, -0.2) is 25.0 Å². The van der Waals surface area contributed by atoms with Crippen molar-refractivity contribution in [1.29, 1.82) is 0 Å². The van der Waals surface area contributed by atoms with Crippen molar-refractivity contribution >= 4 is 11.9 Å². The largest absolute Gasteiger partial charge is 0.338 e. The number of imide groups is 1. The van der Waals surface area contributed by atoms with Crippen LogP contribution in [-0.2, 0) is 4.79 Å². The highest BCUT2D eigenvalue weighted by atomic mass is 16.2. The van der Waals surface area contributed by atoms with Gasteiger partial charge in [0, 0.05) is 18.0 Å². The molecule has 0 aliphatic rings. The Morgan fingerprint density at radius 2 is 1.62 bits per heavy atom. The predicted octanol–water partition coefficient (Wildman–Crippen LogP) is 2.31. The van der Waals surface area contributed by atoms with Gasteiger partial charge in [0.25, 0.3) is 5.91 Å². The number of amides is 3. The summed E-state index contributed by atoms with van der Waals surface area (Å²) in [5.74, 6) is 0.669. The molecule has 0 spiro atoms. The number of carbonyl (C=O) groups is 2. The molecule has 1 aromatic carbocycles. The van der Waals surface area contributed by atoms with Gasteiger partial charge in [-0.05, 0) is 24.8 Å². The van der Waals surface area contributed by atoms with Crippen molar-refractivity contribution in [3.05, 3.63) is 35.4 Å². The molecule has 0 bridgehead atoms. The Kier molecular flexibility index (Phi) is 8.47. The SMILES string of the molecule is CCNC(=O)NC(=O)C[NH2+][C@@H](c1ccc([C@H](C)CC)cc1)C(C)C. The molecule has 0 unspecified atom stereocenters. The summed E-state index contributed by atoms with van der Waals surface area (Å²) in [6.45, 7) is 11.3. The number of carbonyl (C=O) groups excluding carboxylic acids is 2. The zero-order chi connectivity index (χ0) is 18.1. The maximum Gasteiger partial charge on any atom is 0.321 e. The molecular formula is C19H32N3O2+. The Bertz CT molecular complexity index is 526. The molecule has 0 heterocycles. The lowest BCUT2D eigenvalue weighted by atomic mass is 9.92. The first kappa shape index (κ1) is 20.2. The van der Waals surface area contributed by atoms with Gasteiger partial charge in [0.05, 0.1) is 0 Å². The summed E-state index contributed by atoms with van der Waals surface area (Å²) >= 11 is 0. The summed E-state index contributed by atoms with van der Waals surface area (Å²) in [5, 5.41) is 6.89. The van der Waals surface area contributed by atoms with Gasteiger partial charge in [-0.15, -0.1) is 0 Å². The fourth-order valence-electron chi connectivity index (χ4n) is 2.69. The molecule has 0 radical (unpaired) electrons. The summed E-state index contributed by atoms with van der Waals surface area (Å²) in [6, 6.07) is 8.43. The number of nitrogens with one attached hydrogen (secondary N) is 2. The van der Waals surface area contributed by atoms with Gasteiger partial charge >= 0.3 is 6.03 Å². The number of hydrogen-bond acceptors (Lipinski definition) is 2. The van der Waals surface area contributed by atoms with E-state index >= 15 is 0 Å². The number of rotatable bonds is 8.